The average Bonchev–Trinajstić information content (AvgIpc) is 2.16. The van der Waals surface area contributed by atoms with Crippen molar-refractivity contribution in [1.29, 1.82) is 0 Å². The molecule has 3 N–H and O–H groups in total. The lowest BCUT2D eigenvalue weighted by atomic mass is 10.1. The van der Waals surface area contributed by atoms with E-state index < -0.39 is 0 Å². The highest BCUT2D eigenvalue weighted by atomic mass is 14.9. The van der Waals surface area contributed by atoms with Gasteiger partial charge in [0.2, 0.25) is 0 Å². The Morgan fingerprint density at radius 2 is 2.15 bits per heavy atom. The molecule has 0 heterocycles. The Hall–Kier alpha value is -1.02. The predicted octanol–water partition coefficient (Wildman–Crippen LogP) is 2.28. The molecule has 0 amide bonds. The van der Waals surface area contributed by atoms with E-state index in [0.717, 1.165) is 13.0 Å². The van der Waals surface area contributed by atoms with E-state index in [0.29, 0.717) is 6.54 Å². The van der Waals surface area contributed by atoms with Crippen LogP contribution in [0, 0.1) is 6.92 Å². The minimum atomic E-state index is 0.620. The van der Waals surface area contributed by atoms with Crippen LogP contribution in [0.25, 0.3) is 0 Å². The summed E-state index contributed by atoms with van der Waals surface area (Å²) in [5.41, 5.74) is 9.24. The fourth-order valence-electron chi connectivity index (χ4n) is 1.31. The zero-order valence-corrected chi connectivity index (χ0v) is 8.43. The van der Waals surface area contributed by atoms with E-state index in [2.05, 4.69) is 37.4 Å². The van der Waals surface area contributed by atoms with E-state index in [9.17, 15) is 0 Å². The van der Waals surface area contributed by atoms with Gasteiger partial charge < -0.3 is 11.1 Å². The Morgan fingerprint density at radius 1 is 1.38 bits per heavy atom. The fourth-order valence-corrected chi connectivity index (χ4v) is 1.31. The van der Waals surface area contributed by atoms with Crippen molar-refractivity contribution < 1.29 is 0 Å². The molecule has 0 aromatic heterocycles. The Morgan fingerprint density at radius 3 is 2.69 bits per heavy atom. The quantitative estimate of drug-likeness (QED) is 0.742. The zero-order chi connectivity index (χ0) is 9.68. The smallest absolute Gasteiger partial charge is 0.0370 e. The van der Waals surface area contributed by atoms with E-state index in [1.807, 2.05) is 0 Å². The number of anilines is 1. The molecule has 1 aromatic carbocycles. The highest BCUT2D eigenvalue weighted by molar-refractivity contribution is 5.51. The third-order valence-corrected chi connectivity index (χ3v) is 2.09. The number of benzene rings is 1. The summed E-state index contributed by atoms with van der Waals surface area (Å²) in [5, 5.41) is 3.37. The van der Waals surface area contributed by atoms with Gasteiger partial charge in [0.05, 0.1) is 0 Å². The third-order valence-electron chi connectivity index (χ3n) is 2.09. The summed E-state index contributed by atoms with van der Waals surface area (Å²) in [5.74, 6) is 0. The molecule has 0 aliphatic rings. The van der Waals surface area contributed by atoms with Gasteiger partial charge in [-0.1, -0.05) is 19.1 Å². The summed E-state index contributed by atoms with van der Waals surface area (Å²) < 4.78 is 0. The van der Waals surface area contributed by atoms with Gasteiger partial charge in [0.25, 0.3) is 0 Å². The van der Waals surface area contributed by atoms with Crippen molar-refractivity contribution in [3.8, 4) is 0 Å². The zero-order valence-electron chi connectivity index (χ0n) is 8.43. The van der Waals surface area contributed by atoms with Crippen LogP contribution in [0.4, 0.5) is 5.69 Å². The van der Waals surface area contributed by atoms with Gasteiger partial charge in [-0.2, -0.15) is 0 Å². The standard InChI is InChI=1S/C11H18N2/c1-3-6-13-11-5-4-10(8-12)7-9(11)2/h4-5,7,13H,3,6,8,12H2,1-2H3. The Kier molecular flexibility index (Phi) is 3.77. The van der Waals surface area contributed by atoms with Crippen LogP contribution in [0.3, 0.4) is 0 Å². The van der Waals surface area contributed by atoms with Gasteiger partial charge in [0, 0.05) is 18.8 Å². The fraction of sp³-hybridized carbons (Fsp3) is 0.455. The molecular formula is C11H18N2. The maximum atomic E-state index is 5.55. The van der Waals surface area contributed by atoms with Crippen LogP contribution < -0.4 is 11.1 Å². The van der Waals surface area contributed by atoms with Gasteiger partial charge in [-0.25, -0.2) is 0 Å². The Bertz CT molecular complexity index is 269. The topological polar surface area (TPSA) is 38.0 Å². The Labute approximate surface area is 80.1 Å². The molecule has 0 radical (unpaired) electrons. The number of aryl methyl sites for hydroxylation is 1. The summed E-state index contributed by atoms with van der Waals surface area (Å²) in [6.07, 6.45) is 1.15. The normalized spacial score (nSPS) is 10.1. The van der Waals surface area contributed by atoms with Crippen molar-refractivity contribution >= 4 is 5.69 Å². The second-order valence-electron chi connectivity index (χ2n) is 3.28. The van der Waals surface area contributed by atoms with Crippen LogP contribution in [0.15, 0.2) is 18.2 Å². The maximum absolute atomic E-state index is 5.55. The van der Waals surface area contributed by atoms with Crippen molar-refractivity contribution in [3.63, 3.8) is 0 Å². The second-order valence-corrected chi connectivity index (χ2v) is 3.28. The summed E-state index contributed by atoms with van der Waals surface area (Å²) in [6.45, 7) is 5.92. The van der Waals surface area contributed by atoms with Crippen molar-refractivity contribution in [2.24, 2.45) is 5.73 Å². The van der Waals surface area contributed by atoms with Gasteiger partial charge >= 0.3 is 0 Å². The van der Waals surface area contributed by atoms with Crippen LogP contribution in [0.2, 0.25) is 0 Å². The van der Waals surface area contributed by atoms with Crippen LogP contribution >= 0.6 is 0 Å². The molecule has 1 aromatic rings. The minimum Gasteiger partial charge on any atom is -0.385 e. The summed E-state index contributed by atoms with van der Waals surface area (Å²) in [4.78, 5) is 0. The summed E-state index contributed by atoms with van der Waals surface area (Å²) in [6, 6.07) is 6.32. The molecule has 0 saturated carbocycles. The second kappa shape index (κ2) is 4.87. The van der Waals surface area contributed by atoms with E-state index in [-0.39, 0.29) is 0 Å². The van der Waals surface area contributed by atoms with E-state index in [1.54, 1.807) is 0 Å². The molecule has 0 aliphatic heterocycles. The highest BCUT2D eigenvalue weighted by Crippen LogP contribution is 2.15. The van der Waals surface area contributed by atoms with E-state index >= 15 is 0 Å². The monoisotopic (exact) mass is 178 g/mol. The van der Waals surface area contributed by atoms with Crippen molar-refractivity contribution in [2.45, 2.75) is 26.8 Å². The van der Waals surface area contributed by atoms with Crippen molar-refractivity contribution in [2.75, 3.05) is 11.9 Å². The lowest BCUT2D eigenvalue weighted by Crippen LogP contribution is -2.03. The molecule has 13 heavy (non-hydrogen) atoms. The number of nitrogens with two attached hydrogens (primary N) is 1. The number of nitrogens with one attached hydrogen (secondary N) is 1. The van der Waals surface area contributed by atoms with Gasteiger partial charge in [0.1, 0.15) is 0 Å². The number of hydrogen-bond donors (Lipinski definition) is 2. The van der Waals surface area contributed by atoms with Crippen LogP contribution in [0.5, 0.6) is 0 Å². The molecule has 0 unspecified atom stereocenters. The molecule has 1 rings (SSSR count). The average molecular weight is 178 g/mol. The van der Waals surface area contributed by atoms with Crippen molar-refractivity contribution in [1.82, 2.24) is 0 Å². The molecule has 2 heteroatoms. The first-order valence-electron chi connectivity index (χ1n) is 4.81. The van der Waals surface area contributed by atoms with Crippen LogP contribution in [-0.2, 0) is 6.54 Å². The Balaban J connectivity index is 2.73. The highest BCUT2D eigenvalue weighted by Gasteiger charge is 1.97. The lowest BCUT2D eigenvalue weighted by Gasteiger charge is -2.09. The first-order valence-corrected chi connectivity index (χ1v) is 4.81. The third kappa shape index (κ3) is 2.74. The molecule has 0 atom stereocenters. The van der Waals surface area contributed by atoms with E-state index in [1.165, 1.54) is 16.8 Å². The van der Waals surface area contributed by atoms with Crippen LogP contribution in [0.1, 0.15) is 24.5 Å². The first-order chi connectivity index (χ1) is 6.27. The number of hydrogen-bond acceptors (Lipinski definition) is 2. The first kappa shape index (κ1) is 10.1. The van der Waals surface area contributed by atoms with Crippen molar-refractivity contribution in [3.05, 3.63) is 29.3 Å². The van der Waals surface area contributed by atoms with Crippen LogP contribution in [-0.4, -0.2) is 6.54 Å². The van der Waals surface area contributed by atoms with Gasteiger partial charge in [-0.05, 0) is 30.5 Å². The number of rotatable bonds is 4. The van der Waals surface area contributed by atoms with Gasteiger partial charge in [-0.15, -0.1) is 0 Å². The van der Waals surface area contributed by atoms with Gasteiger partial charge in [0.15, 0.2) is 0 Å². The largest absolute Gasteiger partial charge is 0.385 e. The molecule has 72 valence electrons. The minimum absolute atomic E-state index is 0.620. The lowest BCUT2D eigenvalue weighted by molar-refractivity contribution is 0.975. The van der Waals surface area contributed by atoms with E-state index in [4.69, 9.17) is 5.73 Å². The summed E-state index contributed by atoms with van der Waals surface area (Å²) in [7, 11) is 0. The molecule has 2 nitrogen and oxygen atoms in total. The predicted molar refractivity (Wildman–Crippen MR) is 57.9 cm³/mol. The molecule has 0 bridgehead atoms. The van der Waals surface area contributed by atoms with Gasteiger partial charge in [-0.3, -0.25) is 0 Å². The molecule has 0 spiro atoms. The molecule has 0 saturated heterocycles. The summed E-state index contributed by atoms with van der Waals surface area (Å²) >= 11 is 0. The molecular weight excluding hydrogens is 160 g/mol. The maximum Gasteiger partial charge on any atom is 0.0370 e. The molecule has 0 fully saturated rings. The SMILES string of the molecule is CCCNc1ccc(CN)cc1C. The molecule has 0 aliphatic carbocycles.